The molecule has 0 spiro atoms. The Morgan fingerprint density at radius 2 is 0.388 bits per heavy atom. The van der Waals surface area contributed by atoms with E-state index in [1.807, 2.05) is 0 Å². The van der Waals surface area contributed by atoms with Gasteiger partial charge in [0.25, 0.3) is 0 Å². The standard InChI is InChI=1S/2C22H44O2.Ag/c2*1-2-3-4-5-6-7-8-9-10-11-12-13-14-15-16-17-18-19-20-21-22(23)24;/h2*2-21H2,1H3,(H,23,24);/q;;+2/p-2. The summed E-state index contributed by atoms with van der Waals surface area (Å²) < 4.78 is 0. The monoisotopic (exact) mass is 786 g/mol. The summed E-state index contributed by atoms with van der Waals surface area (Å²) in [6.45, 7) is 4.56. The zero-order valence-corrected chi connectivity index (χ0v) is 34.7. The van der Waals surface area contributed by atoms with Crippen LogP contribution in [-0.4, -0.2) is 11.9 Å². The number of hydrogen-bond acceptors (Lipinski definition) is 4. The maximum Gasteiger partial charge on any atom is 2.00 e. The van der Waals surface area contributed by atoms with Crippen molar-refractivity contribution >= 4 is 11.9 Å². The summed E-state index contributed by atoms with van der Waals surface area (Å²) in [4.78, 5) is 20.5. The minimum absolute atomic E-state index is 0. The Morgan fingerprint density at radius 3 is 0.510 bits per heavy atom. The first kappa shape index (κ1) is 53.0. The third kappa shape index (κ3) is 57.3. The molecule has 0 aromatic carbocycles. The van der Waals surface area contributed by atoms with Crippen LogP contribution in [0.1, 0.15) is 271 Å². The summed E-state index contributed by atoms with van der Waals surface area (Å²) in [5.41, 5.74) is 0. The third-order valence-electron chi connectivity index (χ3n) is 9.97. The van der Waals surface area contributed by atoms with Gasteiger partial charge in [-0.05, 0) is 25.7 Å². The number of unbranched alkanes of at least 4 members (excludes halogenated alkanes) is 36. The van der Waals surface area contributed by atoms with Crippen molar-refractivity contribution in [1.29, 1.82) is 0 Å². The number of carboxylic acids is 2. The molecule has 0 aliphatic carbocycles. The van der Waals surface area contributed by atoms with Crippen molar-refractivity contribution in [3.63, 3.8) is 0 Å². The van der Waals surface area contributed by atoms with Crippen molar-refractivity contribution in [2.45, 2.75) is 271 Å². The van der Waals surface area contributed by atoms with Crippen LogP contribution in [0.2, 0.25) is 0 Å². The van der Waals surface area contributed by atoms with E-state index in [1.165, 1.54) is 218 Å². The van der Waals surface area contributed by atoms with Gasteiger partial charge in [-0.15, -0.1) is 0 Å². The van der Waals surface area contributed by atoms with E-state index >= 15 is 0 Å². The smallest absolute Gasteiger partial charge is 0.550 e. The number of carbonyl (C=O) groups is 2. The first-order chi connectivity index (χ1) is 23.5. The SMILES string of the molecule is CCCCCCCCCCCCCCCCCCCCCC(=O)[O-].CCCCCCCCCCCCCCCCCCCCCC(=O)[O-].[Ag+2]. The van der Waals surface area contributed by atoms with E-state index in [9.17, 15) is 19.8 Å². The second-order valence-corrected chi connectivity index (χ2v) is 15.0. The summed E-state index contributed by atoms with van der Waals surface area (Å²) in [6.07, 6.45) is 51.5. The molecular formula is C44H86AgO4. The van der Waals surface area contributed by atoms with Crippen molar-refractivity contribution in [3.05, 3.63) is 0 Å². The van der Waals surface area contributed by atoms with Crippen molar-refractivity contribution < 1.29 is 42.2 Å². The zero-order valence-electron chi connectivity index (χ0n) is 33.2. The van der Waals surface area contributed by atoms with E-state index in [0.29, 0.717) is 0 Å². The number of hydrogen-bond donors (Lipinski definition) is 0. The van der Waals surface area contributed by atoms with Gasteiger partial charge in [-0.3, -0.25) is 0 Å². The van der Waals surface area contributed by atoms with Crippen LogP contribution in [-0.2, 0) is 32.0 Å². The topological polar surface area (TPSA) is 80.3 Å². The van der Waals surface area contributed by atoms with E-state index in [-0.39, 0.29) is 35.2 Å². The molecule has 0 aliphatic rings. The van der Waals surface area contributed by atoms with Crippen LogP contribution in [0.3, 0.4) is 0 Å². The molecule has 4 nitrogen and oxygen atoms in total. The molecule has 0 rings (SSSR count). The van der Waals surface area contributed by atoms with Gasteiger partial charge in [0.05, 0.1) is 0 Å². The van der Waals surface area contributed by atoms with Crippen LogP contribution in [0.25, 0.3) is 0 Å². The normalized spacial score (nSPS) is 10.8. The van der Waals surface area contributed by atoms with E-state index in [1.54, 1.807) is 0 Å². The molecule has 0 aliphatic heterocycles. The molecule has 0 N–H and O–H groups in total. The van der Waals surface area contributed by atoms with Crippen molar-refractivity contribution in [3.8, 4) is 0 Å². The molecule has 1 radical (unpaired) electrons. The Morgan fingerprint density at radius 1 is 0.265 bits per heavy atom. The number of rotatable bonds is 40. The molecule has 0 saturated carbocycles. The summed E-state index contributed by atoms with van der Waals surface area (Å²) in [5, 5.41) is 20.5. The predicted octanol–water partition coefficient (Wildman–Crippen LogP) is 13.1. The Bertz CT molecular complexity index is 560. The predicted molar refractivity (Wildman–Crippen MR) is 206 cm³/mol. The fourth-order valence-electron chi connectivity index (χ4n) is 6.70. The first-order valence-electron chi connectivity index (χ1n) is 21.9. The van der Waals surface area contributed by atoms with Gasteiger partial charge in [0, 0.05) is 11.9 Å². The van der Waals surface area contributed by atoms with Crippen molar-refractivity contribution in [2.75, 3.05) is 0 Å². The van der Waals surface area contributed by atoms with Gasteiger partial charge < -0.3 is 19.8 Å². The van der Waals surface area contributed by atoms with Crippen LogP contribution in [0.5, 0.6) is 0 Å². The average Bonchev–Trinajstić information content (AvgIpc) is 3.07. The fourth-order valence-corrected chi connectivity index (χ4v) is 6.70. The number of carboxylic acid groups (broad SMARTS) is 2. The van der Waals surface area contributed by atoms with Crippen LogP contribution in [0, 0.1) is 0 Å². The number of carbonyl (C=O) groups excluding carboxylic acids is 2. The molecule has 0 amide bonds. The van der Waals surface area contributed by atoms with Crippen molar-refractivity contribution in [1.82, 2.24) is 0 Å². The Balaban J connectivity index is -0.000000846. The largest absolute Gasteiger partial charge is 2.00 e. The molecule has 0 heterocycles. The van der Waals surface area contributed by atoms with E-state index in [4.69, 9.17) is 0 Å². The molecule has 0 aromatic heterocycles. The van der Waals surface area contributed by atoms with Gasteiger partial charge >= 0.3 is 22.4 Å². The molecular weight excluding hydrogens is 700 g/mol. The molecule has 0 saturated heterocycles. The summed E-state index contributed by atoms with van der Waals surface area (Å²) >= 11 is 0. The van der Waals surface area contributed by atoms with Crippen LogP contribution >= 0.6 is 0 Å². The van der Waals surface area contributed by atoms with E-state index < -0.39 is 11.9 Å². The molecule has 0 atom stereocenters. The zero-order chi connectivity index (χ0) is 35.4. The Kier molecular flexibility index (Phi) is 53.9. The van der Waals surface area contributed by atoms with Gasteiger partial charge in [0.15, 0.2) is 0 Å². The maximum absolute atomic E-state index is 10.3. The Hall–Kier alpha value is -0.320. The molecule has 0 aromatic rings. The average molecular weight is 787 g/mol. The third-order valence-corrected chi connectivity index (χ3v) is 9.97. The molecule has 0 bridgehead atoms. The molecule has 49 heavy (non-hydrogen) atoms. The first-order valence-corrected chi connectivity index (χ1v) is 21.9. The van der Waals surface area contributed by atoms with Crippen molar-refractivity contribution in [2.24, 2.45) is 0 Å². The van der Waals surface area contributed by atoms with E-state index in [2.05, 4.69) is 13.8 Å². The summed E-state index contributed by atoms with van der Waals surface area (Å²) in [7, 11) is 0. The second-order valence-electron chi connectivity index (χ2n) is 15.0. The molecule has 5 heteroatoms. The number of aliphatic carboxylic acids is 2. The van der Waals surface area contributed by atoms with E-state index in [0.717, 1.165) is 25.7 Å². The second kappa shape index (κ2) is 49.8. The van der Waals surface area contributed by atoms with Gasteiger partial charge in [-0.1, -0.05) is 245 Å². The van der Waals surface area contributed by atoms with Crippen LogP contribution in [0.4, 0.5) is 0 Å². The van der Waals surface area contributed by atoms with Crippen LogP contribution in [0.15, 0.2) is 0 Å². The maximum atomic E-state index is 10.3. The molecule has 0 unspecified atom stereocenters. The van der Waals surface area contributed by atoms with Gasteiger partial charge in [-0.25, -0.2) is 0 Å². The van der Waals surface area contributed by atoms with Crippen LogP contribution < -0.4 is 10.2 Å². The van der Waals surface area contributed by atoms with Gasteiger partial charge in [0.1, 0.15) is 0 Å². The minimum Gasteiger partial charge on any atom is -0.550 e. The molecule has 0 fully saturated rings. The minimum atomic E-state index is -0.901. The molecule has 297 valence electrons. The fraction of sp³-hybridized carbons (Fsp3) is 0.955. The van der Waals surface area contributed by atoms with Gasteiger partial charge in [0.2, 0.25) is 0 Å². The quantitative estimate of drug-likeness (QED) is 0.0458. The summed E-state index contributed by atoms with van der Waals surface area (Å²) in [5.74, 6) is -1.80. The van der Waals surface area contributed by atoms with Gasteiger partial charge in [-0.2, -0.15) is 0 Å². The Labute approximate surface area is 323 Å². The summed E-state index contributed by atoms with van der Waals surface area (Å²) in [6, 6.07) is 0.